The minimum atomic E-state index is 0.435. The third-order valence-corrected chi connectivity index (χ3v) is 1.74. The van der Waals surface area contributed by atoms with Gasteiger partial charge in [-0.05, 0) is 27.7 Å². The summed E-state index contributed by atoms with van der Waals surface area (Å²) in [6.07, 6.45) is 0. The smallest absolute Gasteiger partial charge is 0.193 e. The Morgan fingerprint density at radius 2 is 1.75 bits per heavy atom. The summed E-state index contributed by atoms with van der Waals surface area (Å²) in [5.74, 6) is 0.958. The molecule has 0 saturated carbocycles. The summed E-state index contributed by atoms with van der Waals surface area (Å²) in [4.78, 5) is 6.31. The molecule has 0 aromatic rings. The summed E-state index contributed by atoms with van der Waals surface area (Å²) in [7, 11) is 3.85. The molecular weight excluding hydrogens is 150 g/mol. The number of rotatable bonds is 2. The lowest BCUT2D eigenvalue weighted by Crippen LogP contribution is -2.45. The molecule has 12 heavy (non-hydrogen) atoms. The van der Waals surface area contributed by atoms with Crippen molar-refractivity contribution in [3.63, 3.8) is 0 Å². The molecule has 72 valence electrons. The van der Waals surface area contributed by atoms with Gasteiger partial charge in [0.05, 0.1) is 0 Å². The van der Waals surface area contributed by atoms with Gasteiger partial charge in [0.15, 0.2) is 5.96 Å². The average Bonchev–Trinajstić information content (AvgIpc) is 1.98. The van der Waals surface area contributed by atoms with Crippen LogP contribution in [0.3, 0.4) is 0 Å². The van der Waals surface area contributed by atoms with Crippen LogP contribution >= 0.6 is 0 Å². The van der Waals surface area contributed by atoms with Gasteiger partial charge in [-0.25, -0.2) is 0 Å². The summed E-state index contributed by atoms with van der Waals surface area (Å²) < 4.78 is 0. The van der Waals surface area contributed by atoms with Crippen LogP contribution in [-0.4, -0.2) is 37.0 Å². The molecule has 0 bridgehead atoms. The van der Waals surface area contributed by atoms with Crippen LogP contribution in [0.1, 0.15) is 27.7 Å². The van der Waals surface area contributed by atoms with E-state index in [0.29, 0.717) is 12.1 Å². The standard InChI is InChI=1S/C9H21N3/c1-7(2)11-9(10-5)12(6)8(3)4/h7-8H,1-6H3,(H,10,11). The zero-order valence-electron chi connectivity index (χ0n) is 9.05. The predicted octanol–water partition coefficient (Wildman–Crippen LogP) is 1.31. The number of aliphatic imine (C=N–C) groups is 1. The maximum absolute atomic E-state index is 4.18. The second-order valence-corrected chi connectivity index (χ2v) is 3.55. The second-order valence-electron chi connectivity index (χ2n) is 3.55. The van der Waals surface area contributed by atoms with Crippen LogP contribution in [0.15, 0.2) is 4.99 Å². The van der Waals surface area contributed by atoms with Crippen LogP contribution < -0.4 is 5.32 Å². The van der Waals surface area contributed by atoms with Crippen LogP contribution in [0, 0.1) is 0 Å². The lowest BCUT2D eigenvalue weighted by molar-refractivity contribution is 0.397. The van der Waals surface area contributed by atoms with Gasteiger partial charge in [0.2, 0.25) is 0 Å². The topological polar surface area (TPSA) is 27.6 Å². The van der Waals surface area contributed by atoms with Gasteiger partial charge < -0.3 is 10.2 Å². The highest BCUT2D eigenvalue weighted by Gasteiger charge is 2.09. The Hall–Kier alpha value is -0.730. The molecule has 0 amide bonds. The molecule has 0 aliphatic heterocycles. The molecule has 0 saturated heterocycles. The summed E-state index contributed by atoms with van der Waals surface area (Å²) in [6, 6.07) is 0.917. The third-order valence-electron chi connectivity index (χ3n) is 1.74. The van der Waals surface area contributed by atoms with E-state index in [0.717, 1.165) is 5.96 Å². The molecule has 0 atom stereocenters. The van der Waals surface area contributed by atoms with Crippen LogP contribution in [0.4, 0.5) is 0 Å². The normalized spacial score (nSPS) is 12.5. The molecule has 0 aromatic carbocycles. The van der Waals surface area contributed by atoms with E-state index in [4.69, 9.17) is 0 Å². The number of nitrogens with zero attached hydrogens (tertiary/aromatic N) is 2. The van der Waals surface area contributed by atoms with Crippen molar-refractivity contribution < 1.29 is 0 Å². The zero-order valence-corrected chi connectivity index (χ0v) is 9.05. The van der Waals surface area contributed by atoms with Crippen LogP contribution in [-0.2, 0) is 0 Å². The molecule has 0 aliphatic carbocycles. The molecule has 0 heterocycles. The lowest BCUT2D eigenvalue weighted by atomic mass is 10.3. The predicted molar refractivity (Wildman–Crippen MR) is 54.5 cm³/mol. The van der Waals surface area contributed by atoms with Crippen molar-refractivity contribution in [3.05, 3.63) is 0 Å². The quantitative estimate of drug-likeness (QED) is 0.501. The Labute approximate surface area is 75.9 Å². The van der Waals surface area contributed by atoms with E-state index in [1.807, 2.05) is 14.1 Å². The van der Waals surface area contributed by atoms with Crippen LogP contribution in [0.5, 0.6) is 0 Å². The molecular formula is C9H21N3. The van der Waals surface area contributed by atoms with Crippen LogP contribution in [0.2, 0.25) is 0 Å². The molecule has 0 aliphatic rings. The molecule has 3 nitrogen and oxygen atoms in total. The molecule has 1 N–H and O–H groups in total. The van der Waals surface area contributed by atoms with Crippen molar-refractivity contribution in [3.8, 4) is 0 Å². The highest BCUT2D eigenvalue weighted by molar-refractivity contribution is 5.80. The maximum atomic E-state index is 4.18. The Kier molecular flexibility index (Phi) is 4.71. The Bertz CT molecular complexity index is 150. The largest absolute Gasteiger partial charge is 0.354 e. The van der Waals surface area contributed by atoms with Crippen molar-refractivity contribution in [1.82, 2.24) is 10.2 Å². The number of nitrogens with one attached hydrogen (secondary N) is 1. The summed E-state index contributed by atoms with van der Waals surface area (Å²) in [5.41, 5.74) is 0. The van der Waals surface area contributed by atoms with E-state index in [2.05, 4.69) is 42.9 Å². The van der Waals surface area contributed by atoms with Crippen molar-refractivity contribution in [2.45, 2.75) is 39.8 Å². The minimum Gasteiger partial charge on any atom is -0.354 e. The molecule has 3 heteroatoms. The van der Waals surface area contributed by atoms with Crippen LogP contribution in [0.25, 0.3) is 0 Å². The average molecular weight is 171 g/mol. The molecule has 0 rings (SSSR count). The summed E-state index contributed by atoms with van der Waals surface area (Å²) >= 11 is 0. The van der Waals surface area contributed by atoms with Crippen molar-refractivity contribution in [2.24, 2.45) is 4.99 Å². The molecule has 0 fully saturated rings. The first kappa shape index (κ1) is 11.3. The molecule has 0 spiro atoms. The summed E-state index contributed by atoms with van der Waals surface area (Å²) in [5, 5.41) is 3.29. The van der Waals surface area contributed by atoms with Crippen molar-refractivity contribution in [2.75, 3.05) is 14.1 Å². The molecule has 0 radical (unpaired) electrons. The highest BCUT2D eigenvalue weighted by Crippen LogP contribution is 1.94. The molecule has 0 unspecified atom stereocenters. The number of hydrogen-bond donors (Lipinski definition) is 1. The van der Waals surface area contributed by atoms with E-state index in [-0.39, 0.29) is 0 Å². The van der Waals surface area contributed by atoms with Gasteiger partial charge in [-0.15, -0.1) is 0 Å². The fourth-order valence-electron chi connectivity index (χ4n) is 0.827. The van der Waals surface area contributed by atoms with Crippen molar-refractivity contribution >= 4 is 5.96 Å². The third kappa shape index (κ3) is 3.60. The van der Waals surface area contributed by atoms with Gasteiger partial charge >= 0.3 is 0 Å². The van der Waals surface area contributed by atoms with Gasteiger partial charge in [0, 0.05) is 26.2 Å². The van der Waals surface area contributed by atoms with Gasteiger partial charge in [-0.2, -0.15) is 0 Å². The fourth-order valence-corrected chi connectivity index (χ4v) is 0.827. The highest BCUT2D eigenvalue weighted by atomic mass is 15.3. The Morgan fingerprint density at radius 1 is 1.25 bits per heavy atom. The van der Waals surface area contributed by atoms with Gasteiger partial charge in [0.25, 0.3) is 0 Å². The monoisotopic (exact) mass is 171 g/mol. The first-order valence-electron chi connectivity index (χ1n) is 4.45. The second kappa shape index (κ2) is 5.01. The fraction of sp³-hybridized carbons (Fsp3) is 0.889. The Morgan fingerprint density at radius 3 is 2.00 bits per heavy atom. The SMILES string of the molecule is C/N=C(/NC(C)C)N(C)C(C)C. The first-order valence-corrected chi connectivity index (χ1v) is 4.45. The first-order chi connectivity index (χ1) is 5.49. The molecule has 0 aromatic heterocycles. The van der Waals surface area contributed by atoms with E-state index < -0.39 is 0 Å². The zero-order chi connectivity index (χ0) is 9.72. The lowest BCUT2D eigenvalue weighted by Gasteiger charge is -2.27. The van der Waals surface area contributed by atoms with E-state index >= 15 is 0 Å². The van der Waals surface area contributed by atoms with Gasteiger partial charge in [0.1, 0.15) is 0 Å². The Balaban J connectivity index is 4.17. The number of guanidine groups is 1. The minimum absolute atomic E-state index is 0.435. The van der Waals surface area contributed by atoms with Crippen molar-refractivity contribution in [1.29, 1.82) is 0 Å². The van der Waals surface area contributed by atoms with Gasteiger partial charge in [-0.3, -0.25) is 4.99 Å². The summed E-state index contributed by atoms with van der Waals surface area (Å²) in [6.45, 7) is 8.51. The van der Waals surface area contributed by atoms with E-state index in [1.54, 1.807) is 0 Å². The van der Waals surface area contributed by atoms with E-state index in [1.165, 1.54) is 0 Å². The maximum Gasteiger partial charge on any atom is 0.193 e. The van der Waals surface area contributed by atoms with E-state index in [9.17, 15) is 0 Å². The van der Waals surface area contributed by atoms with Gasteiger partial charge in [-0.1, -0.05) is 0 Å². The number of hydrogen-bond acceptors (Lipinski definition) is 1.